The SMILES string of the molecule is CCOC(=O)N1CCN([C@H]2CCCN(Cc3ccc4cccc(OC)c4n3)C2)CC1. The summed E-state index contributed by atoms with van der Waals surface area (Å²) in [6.07, 6.45) is 2.23. The summed E-state index contributed by atoms with van der Waals surface area (Å²) in [6, 6.07) is 10.8. The fourth-order valence-electron chi connectivity index (χ4n) is 4.60. The van der Waals surface area contributed by atoms with E-state index in [2.05, 4.69) is 28.0 Å². The number of aromatic nitrogens is 1. The number of hydrogen-bond acceptors (Lipinski definition) is 6. The molecular weight excluding hydrogens is 380 g/mol. The third-order valence-electron chi connectivity index (χ3n) is 6.18. The summed E-state index contributed by atoms with van der Waals surface area (Å²) in [4.78, 5) is 23.7. The van der Waals surface area contributed by atoms with Gasteiger partial charge in [0.25, 0.3) is 0 Å². The number of amides is 1. The van der Waals surface area contributed by atoms with E-state index in [1.807, 2.05) is 24.0 Å². The van der Waals surface area contributed by atoms with E-state index in [0.29, 0.717) is 12.6 Å². The summed E-state index contributed by atoms with van der Waals surface area (Å²) in [5, 5.41) is 1.11. The highest BCUT2D eigenvalue weighted by Gasteiger charge is 2.29. The molecule has 1 aromatic heterocycles. The largest absolute Gasteiger partial charge is 0.494 e. The predicted octanol–water partition coefficient (Wildman–Crippen LogP) is 2.98. The van der Waals surface area contributed by atoms with Gasteiger partial charge < -0.3 is 14.4 Å². The van der Waals surface area contributed by atoms with Crippen molar-refractivity contribution in [2.75, 3.05) is 53.0 Å². The summed E-state index contributed by atoms with van der Waals surface area (Å²) in [5.41, 5.74) is 2.01. The quantitative estimate of drug-likeness (QED) is 0.753. The van der Waals surface area contributed by atoms with Gasteiger partial charge in [0.1, 0.15) is 11.3 Å². The zero-order valence-corrected chi connectivity index (χ0v) is 18.0. The molecule has 2 aromatic rings. The zero-order chi connectivity index (χ0) is 20.9. The predicted molar refractivity (Wildman–Crippen MR) is 117 cm³/mol. The molecule has 1 aromatic carbocycles. The van der Waals surface area contributed by atoms with Crippen molar-refractivity contribution >= 4 is 17.0 Å². The van der Waals surface area contributed by atoms with Crippen LogP contribution in [-0.4, -0.2) is 84.8 Å². The Morgan fingerprint density at radius 2 is 1.97 bits per heavy atom. The van der Waals surface area contributed by atoms with Gasteiger partial charge in [0, 0.05) is 50.7 Å². The van der Waals surface area contributed by atoms with E-state index in [1.54, 1.807) is 7.11 Å². The summed E-state index contributed by atoms with van der Waals surface area (Å²) in [7, 11) is 1.69. The van der Waals surface area contributed by atoms with Crippen LogP contribution in [0.25, 0.3) is 10.9 Å². The number of hydrogen-bond donors (Lipinski definition) is 0. The van der Waals surface area contributed by atoms with Gasteiger partial charge in [-0.25, -0.2) is 9.78 Å². The topological polar surface area (TPSA) is 58.1 Å². The Morgan fingerprint density at radius 1 is 1.13 bits per heavy atom. The minimum Gasteiger partial charge on any atom is -0.494 e. The van der Waals surface area contributed by atoms with E-state index in [9.17, 15) is 4.79 Å². The van der Waals surface area contributed by atoms with Crippen molar-refractivity contribution in [1.82, 2.24) is 19.7 Å². The summed E-state index contributed by atoms with van der Waals surface area (Å²) < 4.78 is 10.6. The number of piperazine rings is 1. The molecule has 0 bridgehead atoms. The number of benzene rings is 1. The third kappa shape index (κ3) is 4.68. The van der Waals surface area contributed by atoms with Gasteiger partial charge in [0.15, 0.2) is 0 Å². The van der Waals surface area contributed by atoms with E-state index in [1.165, 1.54) is 12.8 Å². The molecule has 162 valence electrons. The second-order valence-electron chi connectivity index (χ2n) is 8.09. The van der Waals surface area contributed by atoms with Crippen LogP contribution >= 0.6 is 0 Å². The Hall–Kier alpha value is -2.38. The average molecular weight is 413 g/mol. The molecule has 0 spiro atoms. The van der Waals surface area contributed by atoms with Gasteiger partial charge >= 0.3 is 6.09 Å². The first kappa shape index (κ1) is 20.9. The number of likely N-dealkylation sites (tertiary alicyclic amines) is 1. The molecule has 2 fully saturated rings. The lowest BCUT2D eigenvalue weighted by molar-refractivity contribution is 0.0410. The van der Waals surface area contributed by atoms with Gasteiger partial charge in [0.05, 0.1) is 19.4 Å². The fraction of sp³-hybridized carbons (Fsp3) is 0.565. The number of fused-ring (bicyclic) bond motifs is 1. The Bertz CT molecular complexity index is 867. The number of nitrogens with zero attached hydrogens (tertiary/aromatic N) is 4. The molecule has 7 nitrogen and oxygen atoms in total. The van der Waals surface area contributed by atoms with Crippen LogP contribution in [0, 0.1) is 0 Å². The fourth-order valence-corrected chi connectivity index (χ4v) is 4.60. The Labute approximate surface area is 178 Å². The van der Waals surface area contributed by atoms with Gasteiger partial charge in [-0.1, -0.05) is 18.2 Å². The smallest absolute Gasteiger partial charge is 0.409 e. The molecule has 7 heteroatoms. The van der Waals surface area contributed by atoms with Crippen molar-refractivity contribution < 1.29 is 14.3 Å². The highest BCUT2D eigenvalue weighted by molar-refractivity contribution is 5.84. The summed E-state index contributed by atoms with van der Waals surface area (Å²) >= 11 is 0. The van der Waals surface area contributed by atoms with Crippen molar-refractivity contribution in [2.24, 2.45) is 0 Å². The molecule has 30 heavy (non-hydrogen) atoms. The molecule has 2 aliphatic rings. The van der Waals surface area contributed by atoms with Crippen LogP contribution in [-0.2, 0) is 11.3 Å². The monoisotopic (exact) mass is 412 g/mol. The molecule has 1 amide bonds. The van der Waals surface area contributed by atoms with Crippen LogP contribution in [0.1, 0.15) is 25.5 Å². The number of para-hydroxylation sites is 1. The normalized spacial score (nSPS) is 21.0. The van der Waals surface area contributed by atoms with E-state index in [0.717, 1.165) is 68.2 Å². The first-order chi connectivity index (χ1) is 14.7. The van der Waals surface area contributed by atoms with Crippen LogP contribution in [0.3, 0.4) is 0 Å². The summed E-state index contributed by atoms with van der Waals surface area (Å²) in [5.74, 6) is 0.824. The summed E-state index contributed by atoms with van der Waals surface area (Å²) in [6.45, 7) is 8.63. The van der Waals surface area contributed by atoms with Crippen molar-refractivity contribution in [2.45, 2.75) is 32.4 Å². The van der Waals surface area contributed by atoms with Gasteiger partial charge in [-0.15, -0.1) is 0 Å². The number of methoxy groups -OCH3 is 1. The highest BCUT2D eigenvalue weighted by atomic mass is 16.6. The molecule has 0 N–H and O–H groups in total. The molecule has 3 heterocycles. The van der Waals surface area contributed by atoms with E-state index in [4.69, 9.17) is 14.5 Å². The van der Waals surface area contributed by atoms with Crippen LogP contribution in [0.15, 0.2) is 30.3 Å². The molecule has 0 unspecified atom stereocenters. The zero-order valence-electron chi connectivity index (χ0n) is 18.0. The lowest BCUT2D eigenvalue weighted by Crippen LogP contribution is -2.55. The number of carbonyl (C=O) groups is 1. The Morgan fingerprint density at radius 3 is 2.73 bits per heavy atom. The minimum atomic E-state index is -0.180. The molecule has 2 aliphatic heterocycles. The van der Waals surface area contributed by atoms with Crippen molar-refractivity contribution in [3.05, 3.63) is 36.0 Å². The van der Waals surface area contributed by atoms with Crippen LogP contribution < -0.4 is 4.74 Å². The molecule has 1 atom stereocenters. The van der Waals surface area contributed by atoms with E-state index in [-0.39, 0.29) is 6.09 Å². The molecular formula is C23H32N4O3. The molecule has 0 saturated carbocycles. The van der Waals surface area contributed by atoms with Crippen molar-refractivity contribution in [3.63, 3.8) is 0 Å². The molecule has 2 saturated heterocycles. The number of rotatable bonds is 5. The molecule has 0 aliphatic carbocycles. The maximum atomic E-state index is 11.9. The maximum absolute atomic E-state index is 11.9. The van der Waals surface area contributed by atoms with Gasteiger partial charge in [0.2, 0.25) is 0 Å². The Balaban J connectivity index is 1.36. The lowest BCUT2D eigenvalue weighted by Gasteiger charge is -2.43. The maximum Gasteiger partial charge on any atom is 0.409 e. The lowest BCUT2D eigenvalue weighted by atomic mass is 10.0. The van der Waals surface area contributed by atoms with E-state index >= 15 is 0 Å². The number of carbonyl (C=O) groups excluding carboxylic acids is 1. The number of pyridine rings is 1. The van der Waals surface area contributed by atoms with Gasteiger partial charge in [-0.3, -0.25) is 9.80 Å². The van der Waals surface area contributed by atoms with Crippen LogP contribution in [0.5, 0.6) is 5.75 Å². The van der Waals surface area contributed by atoms with E-state index < -0.39 is 0 Å². The third-order valence-corrected chi connectivity index (χ3v) is 6.18. The van der Waals surface area contributed by atoms with Crippen LogP contribution in [0.4, 0.5) is 4.79 Å². The Kier molecular flexibility index (Phi) is 6.69. The molecule has 4 rings (SSSR count). The minimum absolute atomic E-state index is 0.180. The van der Waals surface area contributed by atoms with Crippen molar-refractivity contribution in [1.29, 1.82) is 0 Å². The standard InChI is InChI=1S/C23H32N4O3/c1-3-30-23(28)27-14-12-26(13-15-27)20-7-5-11-25(17-20)16-19-10-9-18-6-4-8-21(29-2)22(18)24-19/h4,6,8-10,20H,3,5,7,11-17H2,1-2H3/t20-/m0/s1. The first-order valence-corrected chi connectivity index (χ1v) is 11.0. The van der Waals surface area contributed by atoms with Crippen molar-refractivity contribution in [3.8, 4) is 5.75 Å². The number of piperidine rings is 1. The first-order valence-electron chi connectivity index (χ1n) is 11.0. The van der Waals surface area contributed by atoms with Gasteiger partial charge in [-0.2, -0.15) is 0 Å². The average Bonchev–Trinajstić information content (AvgIpc) is 2.79. The second-order valence-corrected chi connectivity index (χ2v) is 8.09. The molecule has 0 radical (unpaired) electrons. The van der Waals surface area contributed by atoms with Crippen LogP contribution in [0.2, 0.25) is 0 Å². The second kappa shape index (κ2) is 9.62. The number of ether oxygens (including phenoxy) is 2. The van der Waals surface area contributed by atoms with Gasteiger partial charge in [-0.05, 0) is 38.4 Å². The highest BCUT2D eigenvalue weighted by Crippen LogP contribution is 2.25.